The zero-order valence-corrected chi connectivity index (χ0v) is 18.1. The van der Waals surface area contributed by atoms with Crippen LogP contribution < -0.4 is 5.32 Å². The molecule has 29 heavy (non-hydrogen) atoms. The summed E-state index contributed by atoms with van der Waals surface area (Å²) in [7, 11) is 0. The third-order valence-corrected chi connectivity index (χ3v) is 7.86. The van der Waals surface area contributed by atoms with Gasteiger partial charge in [0.25, 0.3) is 0 Å². The van der Waals surface area contributed by atoms with Gasteiger partial charge in [0, 0.05) is 45.3 Å². The van der Waals surface area contributed by atoms with Crippen LogP contribution in [-0.4, -0.2) is 97.6 Å². The summed E-state index contributed by atoms with van der Waals surface area (Å²) < 4.78 is 5.32. The van der Waals surface area contributed by atoms with Crippen molar-refractivity contribution in [3.05, 3.63) is 0 Å². The Labute approximate surface area is 175 Å². The molecule has 2 bridgehead atoms. The van der Waals surface area contributed by atoms with Gasteiger partial charge in [-0.1, -0.05) is 6.42 Å². The minimum atomic E-state index is -0.104. The number of nitrogens with zero attached hydrogens (tertiary/aromatic N) is 3. The lowest BCUT2D eigenvalue weighted by molar-refractivity contribution is -0.137. The van der Waals surface area contributed by atoms with Gasteiger partial charge in [-0.2, -0.15) is 0 Å². The minimum absolute atomic E-state index is 0.104. The molecule has 2 saturated heterocycles. The number of morpholine rings is 1. The van der Waals surface area contributed by atoms with E-state index in [-0.39, 0.29) is 23.9 Å². The molecule has 1 N–H and O–H groups in total. The van der Waals surface area contributed by atoms with Crippen molar-refractivity contribution in [2.45, 2.75) is 51.6 Å². The first-order valence-electron chi connectivity index (χ1n) is 11.6. The number of amides is 2. The fraction of sp³-hybridized carbons (Fsp3) is 0.909. The molecule has 2 aliphatic carbocycles. The Balaban J connectivity index is 1.18. The van der Waals surface area contributed by atoms with Gasteiger partial charge >= 0.3 is 0 Å². The first-order chi connectivity index (χ1) is 14.0. The van der Waals surface area contributed by atoms with E-state index in [9.17, 15) is 9.59 Å². The quantitative estimate of drug-likeness (QED) is 0.707. The average molecular weight is 407 g/mol. The molecule has 0 unspecified atom stereocenters. The molecule has 0 aromatic heterocycles. The number of fused-ring (bicyclic) bond motifs is 2. The van der Waals surface area contributed by atoms with Gasteiger partial charge in [0.1, 0.15) is 0 Å². The van der Waals surface area contributed by atoms with Gasteiger partial charge in [0.2, 0.25) is 11.8 Å². The van der Waals surface area contributed by atoms with Crippen LogP contribution in [0.3, 0.4) is 0 Å². The van der Waals surface area contributed by atoms with Gasteiger partial charge in [0.05, 0.1) is 25.8 Å². The predicted molar refractivity (Wildman–Crippen MR) is 111 cm³/mol. The van der Waals surface area contributed by atoms with E-state index in [1.54, 1.807) is 0 Å². The Hall–Kier alpha value is -1.18. The number of ether oxygens (including phenoxy) is 1. The molecular weight excluding hydrogens is 368 g/mol. The fourth-order valence-electron chi connectivity index (χ4n) is 5.94. The third kappa shape index (κ3) is 4.94. The van der Waals surface area contributed by atoms with Crippen molar-refractivity contribution in [2.75, 3.05) is 59.0 Å². The summed E-state index contributed by atoms with van der Waals surface area (Å²) in [6, 6.07) is 0.181. The lowest BCUT2D eigenvalue weighted by Crippen LogP contribution is -2.56. The van der Waals surface area contributed by atoms with E-state index in [1.807, 2.05) is 11.8 Å². The Morgan fingerprint density at radius 3 is 2.34 bits per heavy atom. The number of carbonyl (C=O) groups is 2. The highest BCUT2D eigenvalue weighted by molar-refractivity contribution is 5.81. The van der Waals surface area contributed by atoms with Crippen LogP contribution in [0.1, 0.15) is 39.5 Å². The summed E-state index contributed by atoms with van der Waals surface area (Å²) in [4.78, 5) is 31.7. The molecule has 7 nitrogen and oxygen atoms in total. The van der Waals surface area contributed by atoms with E-state index < -0.39 is 0 Å². The van der Waals surface area contributed by atoms with Crippen LogP contribution in [0.25, 0.3) is 0 Å². The number of carbonyl (C=O) groups excluding carboxylic acids is 2. The third-order valence-electron chi connectivity index (χ3n) is 7.86. The first-order valence-corrected chi connectivity index (χ1v) is 11.6. The molecule has 0 aromatic carbocycles. The summed E-state index contributed by atoms with van der Waals surface area (Å²) in [5.41, 5.74) is 0. The van der Waals surface area contributed by atoms with E-state index in [1.165, 1.54) is 25.7 Å². The topological polar surface area (TPSA) is 65.1 Å². The second-order valence-electron chi connectivity index (χ2n) is 9.62. The Bertz CT molecular complexity index is 587. The SMILES string of the molecule is C[C@H](NC(=O)[C@@H](C)N1CCN(CC(=O)N2CCOCC2)CC1)[C@@H]1C[C@H]2CC[C@H]1C2. The lowest BCUT2D eigenvalue weighted by atomic mass is 9.84. The van der Waals surface area contributed by atoms with Gasteiger partial charge in [0.15, 0.2) is 0 Å². The molecule has 0 radical (unpaired) electrons. The molecule has 7 heteroatoms. The van der Waals surface area contributed by atoms with E-state index in [4.69, 9.17) is 4.74 Å². The van der Waals surface area contributed by atoms with Crippen molar-refractivity contribution in [1.82, 2.24) is 20.0 Å². The highest BCUT2D eigenvalue weighted by Gasteiger charge is 2.42. The first kappa shape index (κ1) is 21.1. The zero-order chi connectivity index (χ0) is 20.4. The number of rotatable bonds is 6. The summed E-state index contributed by atoms with van der Waals surface area (Å²) >= 11 is 0. The molecule has 0 spiro atoms. The summed E-state index contributed by atoms with van der Waals surface area (Å²) in [5, 5.41) is 3.32. The second-order valence-corrected chi connectivity index (χ2v) is 9.62. The van der Waals surface area contributed by atoms with Crippen LogP contribution >= 0.6 is 0 Å². The largest absolute Gasteiger partial charge is 0.378 e. The van der Waals surface area contributed by atoms with Gasteiger partial charge in [-0.05, 0) is 50.9 Å². The monoisotopic (exact) mass is 406 g/mol. The lowest BCUT2D eigenvalue weighted by Gasteiger charge is -2.38. The number of nitrogens with one attached hydrogen (secondary N) is 1. The van der Waals surface area contributed by atoms with Gasteiger partial charge in [-0.25, -0.2) is 0 Å². The summed E-state index contributed by atoms with van der Waals surface area (Å²) in [6.07, 6.45) is 5.44. The van der Waals surface area contributed by atoms with Gasteiger partial charge in [-0.3, -0.25) is 19.4 Å². The molecule has 4 rings (SSSR count). The van der Waals surface area contributed by atoms with E-state index in [2.05, 4.69) is 22.0 Å². The minimum Gasteiger partial charge on any atom is -0.378 e. The van der Waals surface area contributed by atoms with E-state index in [0.29, 0.717) is 38.8 Å². The fourth-order valence-corrected chi connectivity index (χ4v) is 5.94. The number of hydrogen-bond acceptors (Lipinski definition) is 5. The Kier molecular flexibility index (Phi) is 6.76. The molecule has 2 amide bonds. The molecule has 2 heterocycles. The van der Waals surface area contributed by atoms with Crippen LogP contribution in [0, 0.1) is 17.8 Å². The molecule has 5 atom stereocenters. The van der Waals surface area contributed by atoms with Crippen molar-refractivity contribution in [1.29, 1.82) is 0 Å². The Morgan fingerprint density at radius 2 is 1.72 bits per heavy atom. The van der Waals surface area contributed by atoms with Crippen molar-refractivity contribution in [3.63, 3.8) is 0 Å². The highest BCUT2D eigenvalue weighted by Crippen LogP contribution is 2.49. The van der Waals surface area contributed by atoms with Gasteiger partial charge < -0.3 is 15.0 Å². The zero-order valence-electron chi connectivity index (χ0n) is 18.1. The summed E-state index contributed by atoms with van der Waals surface area (Å²) in [5.74, 6) is 2.78. The van der Waals surface area contributed by atoms with Crippen LogP contribution in [0.2, 0.25) is 0 Å². The van der Waals surface area contributed by atoms with Crippen molar-refractivity contribution >= 4 is 11.8 Å². The molecule has 2 saturated carbocycles. The molecule has 2 aliphatic heterocycles. The van der Waals surface area contributed by atoms with Crippen molar-refractivity contribution in [3.8, 4) is 0 Å². The second kappa shape index (κ2) is 9.31. The smallest absolute Gasteiger partial charge is 0.237 e. The maximum atomic E-state index is 12.8. The highest BCUT2D eigenvalue weighted by atomic mass is 16.5. The van der Waals surface area contributed by atoms with Crippen LogP contribution in [0.5, 0.6) is 0 Å². The predicted octanol–water partition coefficient (Wildman–Crippen LogP) is 0.792. The van der Waals surface area contributed by atoms with Crippen LogP contribution in [-0.2, 0) is 14.3 Å². The molecule has 164 valence electrons. The van der Waals surface area contributed by atoms with E-state index >= 15 is 0 Å². The molecule has 4 aliphatic rings. The van der Waals surface area contributed by atoms with Crippen LogP contribution in [0.4, 0.5) is 0 Å². The summed E-state index contributed by atoms with van der Waals surface area (Å²) in [6.45, 7) is 10.8. The number of piperazine rings is 1. The van der Waals surface area contributed by atoms with E-state index in [0.717, 1.165) is 38.0 Å². The van der Waals surface area contributed by atoms with Crippen LogP contribution in [0.15, 0.2) is 0 Å². The normalized spacial score (nSPS) is 32.9. The van der Waals surface area contributed by atoms with Gasteiger partial charge in [-0.15, -0.1) is 0 Å². The Morgan fingerprint density at radius 1 is 1.00 bits per heavy atom. The molecule has 4 fully saturated rings. The molecule has 0 aromatic rings. The number of hydrogen-bond donors (Lipinski definition) is 1. The average Bonchev–Trinajstić information content (AvgIpc) is 3.38. The van der Waals surface area contributed by atoms with Crippen molar-refractivity contribution in [2.24, 2.45) is 17.8 Å². The maximum Gasteiger partial charge on any atom is 0.237 e. The molecular formula is C22H38N4O3. The standard InChI is InChI=1S/C22H38N4O3/c1-16(20-14-18-3-4-19(20)13-18)23-22(28)17(2)25-7-5-24(6-8-25)15-21(27)26-9-11-29-12-10-26/h16-20H,3-15H2,1-2H3,(H,23,28)/t16-,17+,18-,19-,20-/m0/s1. The maximum absolute atomic E-state index is 12.8. The van der Waals surface area contributed by atoms with Crippen molar-refractivity contribution < 1.29 is 14.3 Å².